The third kappa shape index (κ3) is 3.91. The number of aryl methyl sites for hydroxylation is 1. The fraction of sp³-hybridized carbons (Fsp3) is 0.667. The summed E-state index contributed by atoms with van der Waals surface area (Å²) in [6.07, 6.45) is 4.57. The van der Waals surface area contributed by atoms with Crippen LogP contribution in [0.2, 0.25) is 0 Å². The van der Waals surface area contributed by atoms with Crippen molar-refractivity contribution in [3.63, 3.8) is 0 Å². The fourth-order valence-electron chi connectivity index (χ4n) is 2.76. The van der Waals surface area contributed by atoms with Gasteiger partial charge < -0.3 is 10.4 Å². The zero-order chi connectivity index (χ0) is 15.5. The molecule has 0 atom stereocenters. The summed E-state index contributed by atoms with van der Waals surface area (Å²) in [5.41, 5.74) is -0.895. The molecule has 1 aliphatic rings. The minimum absolute atomic E-state index is 0.183. The first-order chi connectivity index (χ1) is 9.93. The summed E-state index contributed by atoms with van der Waals surface area (Å²) < 4.78 is 1.12. The van der Waals surface area contributed by atoms with Gasteiger partial charge in [-0.1, -0.05) is 13.3 Å². The molecule has 0 aromatic carbocycles. The molecule has 0 spiro atoms. The van der Waals surface area contributed by atoms with Gasteiger partial charge in [-0.3, -0.25) is 9.59 Å². The molecular weight excluding hydrogens is 270 g/mol. The first kappa shape index (κ1) is 15.7. The second kappa shape index (κ2) is 6.39. The Labute approximate surface area is 124 Å². The average molecular weight is 293 g/mol. The Morgan fingerprint density at radius 2 is 2.14 bits per heavy atom. The van der Waals surface area contributed by atoms with Gasteiger partial charge in [-0.2, -0.15) is 5.10 Å². The number of nitrogens with zero attached hydrogens (tertiary/aromatic N) is 2. The number of hydrogen-bond donors (Lipinski definition) is 2. The fourth-order valence-corrected chi connectivity index (χ4v) is 2.76. The van der Waals surface area contributed by atoms with E-state index in [1.807, 2.05) is 0 Å². The highest BCUT2D eigenvalue weighted by atomic mass is 16.3. The molecule has 1 saturated carbocycles. The van der Waals surface area contributed by atoms with Gasteiger partial charge in [0.1, 0.15) is 5.69 Å². The Kier molecular flexibility index (Phi) is 4.77. The average Bonchev–Trinajstić information content (AvgIpc) is 2.48. The highest BCUT2D eigenvalue weighted by molar-refractivity contribution is 5.92. The molecule has 0 radical (unpaired) electrons. The lowest BCUT2D eigenvalue weighted by Gasteiger charge is -2.35. The highest BCUT2D eigenvalue weighted by Gasteiger charge is 2.33. The van der Waals surface area contributed by atoms with E-state index in [1.54, 1.807) is 0 Å². The smallest absolute Gasteiger partial charge is 0.271 e. The Bertz CT molecular complexity index is 560. The third-order valence-corrected chi connectivity index (χ3v) is 4.38. The highest BCUT2D eigenvalue weighted by Crippen LogP contribution is 2.33. The van der Waals surface area contributed by atoms with E-state index in [-0.39, 0.29) is 23.7 Å². The quantitative estimate of drug-likeness (QED) is 0.861. The molecule has 116 valence electrons. The van der Waals surface area contributed by atoms with Crippen molar-refractivity contribution in [3.05, 3.63) is 28.2 Å². The molecule has 6 heteroatoms. The van der Waals surface area contributed by atoms with Crippen LogP contribution in [0.5, 0.6) is 0 Å². The SMILES string of the molecule is CCC1CCC(O)(CNC(=O)c2ccc(=O)n(C)n2)CC1. The number of carbonyl (C=O) groups excluding carboxylic acids is 1. The third-order valence-electron chi connectivity index (χ3n) is 4.38. The molecule has 1 aromatic heterocycles. The van der Waals surface area contributed by atoms with E-state index in [4.69, 9.17) is 0 Å². The van der Waals surface area contributed by atoms with Gasteiger partial charge in [0.2, 0.25) is 0 Å². The molecule has 0 bridgehead atoms. The summed E-state index contributed by atoms with van der Waals surface area (Å²) in [5.74, 6) is 0.322. The summed E-state index contributed by atoms with van der Waals surface area (Å²) in [4.78, 5) is 23.3. The normalized spacial score (nSPS) is 25.6. The van der Waals surface area contributed by atoms with Gasteiger partial charge in [0.15, 0.2) is 0 Å². The van der Waals surface area contributed by atoms with Crippen LogP contribution in [0.3, 0.4) is 0 Å². The van der Waals surface area contributed by atoms with Crippen LogP contribution in [0.25, 0.3) is 0 Å². The van der Waals surface area contributed by atoms with Crippen molar-refractivity contribution in [1.82, 2.24) is 15.1 Å². The van der Waals surface area contributed by atoms with Crippen LogP contribution in [-0.4, -0.2) is 32.9 Å². The molecule has 0 unspecified atom stereocenters. The molecule has 2 N–H and O–H groups in total. The molecule has 0 aliphatic heterocycles. The van der Waals surface area contributed by atoms with Crippen molar-refractivity contribution < 1.29 is 9.90 Å². The lowest BCUT2D eigenvalue weighted by atomic mass is 9.78. The molecule has 1 heterocycles. The van der Waals surface area contributed by atoms with Gasteiger partial charge >= 0.3 is 0 Å². The van der Waals surface area contributed by atoms with Crippen LogP contribution in [-0.2, 0) is 7.05 Å². The summed E-state index contributed by atoms with van der Waals surface area (Å²) in [6.45, 7) is 2.40. The number of aromatic nitrogens is 2. The zero-order valence-electron chi connectivity index (χ0n) is 12.6. The van der Waals surface area contributed by atoms with Gasteiger partial charge in [-0.15, -0.1) is 0 Å². The summed E-state index contributed by atoms with van der Waals surface area (Å²) in [5, 5.41) is 17.1. The van der Waals surface area contributed by atoms with Crippen LogP contribution in [0.15, 0.2) is 16.9 Å². The minimum atomic E-state index is -0.817. The maximum absolute atomic E-state index is 12.0. The molecule has 21 heavy (non-hydrogen) atoms. The van der Waals surface area contributed by atoms with Gasteiger partial charge in [0.25, 0.3) is 11.5 Å². The van der Waals surface area contributed by atoms with Crippen LogP contribution in [0.4, 0.5) is 0 Å². The molecule has 0 saturated heterocycles. The van der Waals surface area contributed by atoms with Gasteiger partial charge in [0.05, 0.1) is 5.60 Å². The van der Waals surface area contributed by atoms with Crippen LogP contribution >= 0.6 is 0 Å². The Hall–Kier alpha value is -1.69. The van der Waals surface area contributed by atoms with Crippen LogP contribution < -0.4 is 10.9 Å². The van der Waals surface area contributed by atoms with E-state index < -0.39 is 5.60 Å². The molecular formula is C15H23N3O3. The second-order valence-corrected chi connectivity index (χ2v) is 5.94. The predicted molar refractivity (Wildman–Crippen MR) is 79.0 cm³/mol. The van der Waals surface area contributed by atoms with Gasteiger partial charge in [-0.25, -0.2) is 4.68 Å². The molecule has 1 amide bonds. The summed E-state index contributed by atoms with van der Waals surface area (Å²) in [6, 6.07) is 2.71. The number of nitrogens with one attached hydrogen (secondary N) is 1. The lowest BCUT2D eigenvalue weighted by molar-refractivity contribution is -0.00791. The topological polar surface area (TPSA) is 84.2 Å². The zero-order valence-corrected chi connectivity index (χ0v) is 12.6. The Morgan fingerprint density at radius 1 is 1.48 bits per heavy atom. The van der Waals surface area contributed by atoms with E-state index in [0.29, 0.717) is 18.8 Å². The molecule has 2 rings (SSSR count). The monoisotopic (exact) mass is 293 g/mol. The standard InChI is InChI=1S/C15H23N3O3/c1-3-11-6-8-15(21,9-7-11)10-16-14(20)12-4-5-13(19)18(2)17-12/h4-5,11,21H,3,6-10H2,1-2H3,(H,16,20). The van der Waals surface area contributed by atoms with Crippen molar-refractivity contribution in [2.45, 2.75) is 44.6 Å². The first-order valence-electron chi connectivity index (χ1n) is 7.48. The maximum atomic E-state index is 12.0. The van der Waals surface area contributed by atoms with E-state index in [2.05, 4.69) is 17.3 Å². The van der Waals surface area contributed by atoms with Crippen molar-refractivity contribution in [2.75, 3.05) is 6.54 Å². The van der Waals surface area contributed by atoms with Crippen molar-refractivity contribution >= 4 is 5.91 Å². The molecule has 1 aromatic rings. The minimum Gasteiger partial charge on any atom is -0.388 e. The Morgan fingerprint density at radius 3 is 2.71 bits per heavy atom. The number of rotatable bonds is 4. The number of aliphatic hydroxyl groups is 1. The van der Waals surface area contributed by atoms with Crippen molar-refractivity contribution in [2.24, 2.45) is 13.0 Å². The van der Waals surface area contributed by atoms with Crippen molar-refractivity contribution in [1.29, 1.82) is 0 Å². The largest absolute Gasteiger partial charge is 0.388 e. The second-order valence-electron chi connectivity index (χ2n) is 5.94. The first-order valence-corrected chi connectivity index (χ1v) is 7.48. The summed E-state index contributed by atoms with van der Waals surface area (Å²) in [7, 11) is 1.50. The number of amides is 1. The molecule has 6 nitrogen and oxygen atoms in total. The number of carbonyl (C=O) groups is 1. The van der Waals surface area contributed by atoms with E-state index in [1.165, 1.54) is 19.2 Å². The van der Waals surface area contributed by atoms with Crippen LogP contribution in [0.1, 0.15) is 49.5 Å². The summed E-state index contributed by atoms with van der Waals surface area (Å²) >= 11 is 0. The molecule has 1 aliphatic carbocycles. The number of hydrogen-bond acceptors (Lipinski definition) is 4. The van der Waals surface area contributed by atoms with Crippen molar-refractivity contribution in [3.8, 4) is 0 Å². The van der Waals surface area contributed by atoms with Crippen LogP contribution in [0, 0.1) is 5.92 Å². The van der Waals surface area contributed by atoms with E-state index >= 15 is 0 Å². The predicted octanol–water partition coefficient (Wildman–Crippen LogP) is 0.841. The van der Waals surface area contributed by atoms with E-state index in [0.717, 1.165) is 23.9 Å². The van der Waals surface area contributed by atoms with E-state index in [9.17, 15) is 14.7 Å². The molecule has 1 fully saturated rings. The maximum Gasteiger partial charge on any atom is 0.271 e. The van der Waals surface area contributed by atoms with Gasteiger partial charge in [0, 0.05) is 19.7 Å². The lowest BCUT2D eigenvalue weighted by Crippen LogP contribution is -2.45. The Balaban J connectivity index is 1.91. The van der Waals surface area contributed by atoms with Gasteiger partial charge in [-0.05, 0) is 37.7 Å².